The number of rotatable bonds is 32. The summed E-state index contributed by atoms with van der Waals surface area (Å²) in [5.41, 5.74) is 17.2. The van der Waals surface area contributed by atoms with E-state index in [2.05, 4.69) is 263 Å². The molecule has 744 valence electrons. The fourth-order valence-electron chi connectivity index (χ4n) is 17.2. The van der Waals surface area contributed by atoms with Crippen molar-refractivity contribution in [3.63, 3.8) is 0 Å². The first-order valence-corrected chi connectivity index (χ1v) is 49.0. The molecule has 21 nitrogen and oxygen atoms in total. The van der Waals surface area contributed by atoms with E-state index in [-0.39, 0.29) is 157 Å². The number of carbonyl (C=O) groups is 6. The van der Waals surface area contributed by atoms with Gasteiger partial charge in [0, 0.05) is 51.4 Å². The molecule has 0 aromatic heterocycles. The molecular formula is C116H154O21. The van der Waals surface area contributed by atoms with Crippen LogP contribution in [0.25, 0.3) is 0 Å². The van der Waals surface area contributed by atoms with Gasteiger partial charge in [-0.2, -0.15) is 0 Å². The van der Waals surface area contributed by atoms with Gasteiger partial charge in [-0.3, -0.25) is 0 Å². The maximum atomic E-state index is 13.8. The minimum Gasteiger partial charge on any atom is -0.491 e. The van der Waals surface area contributed by atoms with E-state index in [9.17, 15) is 28.8 Å². The van der Waals surface area contributed by atoms with Crippen LogP contribution in [0, 0.1) is 0 Å². The van der Waals surface area contributed by atoms with Gasteiger partial charge >= 0.3 is 35.8 Å². The van der Waals surface area contributed by atoms with Gasteiger partial charge in [0.1, 0.15) is 59.2 Å². The number of hydrogen-bond acceptors (Lipinski definition) is 21. The molecule has 0 unspecified atom stereocenters. The first kappa shape index (κ1) is 108. The second-order valence-electron chi connectivity index (χ2n) is 44.3. The molecule has 8 aromatic carbocycles. The van der Waals surface area contributed by atoms with E-state index in [1.54, 1.807) is 41.5 Å². The molecule has 0 saturated heterocycles. The zero-order chi connectivity index (χ0) is 101. The van der Waals surface area contributed by atoms with Crippen LogP contribution >= 0.6 is 0 Å². The van der Waals surface area contributed by atoms with Crippen LogP contribution in [0.1, 0.15) is 341 Å². The molecule has 0 atom stereocenters. The van der Waals surface area contributed by atoms with E-state index in [4.69, 9.17) is 71.1 Å². The van der Waals surface area contributed by atoms with Crippen LogP contribution < -0.4 is 37.9 Å². The van der Waals surface area contributed by atoms with Gasteiger partial charge in [0.05, 0.1) is 52.9 Å². The predicted molar refractivity (Wildman–Crippen MR) is 538 cm³/mol. The first-order valence-electron chi connectivity index (χ1n) is 49.0. The monoisotopic (exact) mass is 1880 g/mol. The Morgan fingerprint density at radius 2 is 0.292 bits per heavy atom. The van der Waals surface area contributed by atoms with Gasteiger partial charge in [0.15, 0.2) is 39.6 Å². The van der Waals surface area contributed by atoms with Gasteiger partial charge in [-0.1, -0.05) is 263 Å². The van der Waals surface area contributed by atoms with E-state index < -0.39 is 79.1 Å². The van der Waals surface area contributed by atoms with E-state index in [0.717, 1.165) is 134 Å². The highest BCUT2D eigenvalue weighted by atomic mass is 16.6. The highest BCUT2D eigenvalue weighted by Crippen LogP contribution is 2.49. The summed E-state index contributed by atoms with van der Waals surface area (Å²) in [6.07, 6.45) is 1.88. The van der Waals surface area contributed by atoms with Crippen molar-refractivity contribution in [2.75, 3.05) is 106 Å². The Morgan fingerprint density at radius 3 is 0.394 bits per heavy atom. The minimum atomic E-state index is -0.536. The maximum absolute atomic E-state index is 13.8. The summed E-state index contributed by atoms with van der Waals surface area (Å²) >= 11 is 0. The first-order chi connectivity index (χ1) is 64.1. The van der Waals surface area contributed by atoms with E-state index in [1.165, 1.54) is 0 Å². The van der Waals surface area contributed by atoms with Gasteiger partial charge in [-0.05, 0) is 218 Å². The summed E-state index contributed by atoms with van der Waals surface area (Å²) < 4.78 is 96.8. The highest BCUT2D eigenvalue weighted by Gasteiger charge is 2.36. The Hall–Kier alpha value is -11.1. The molecule has 10 rings (SSSR count). The van der Waals surface area contributed by atoms with Crippen LogP contribution in [0.2, 0.25) is 0 Å². The Bertz CT molecular complexity index is 5020. The summed E-state index contributed by atoms with van der Waals surface area (Å²) in [7, 11) is 0. The topological polar surface area (TPSA) is 241 Å². The molecule has 16 bridgehead atoms. The molecule has 2 aliphatic carbocycles. The summed E-state index contributed by atoms with van der Waals surface area (Å²) in [5, 5.41) is 0. The van der Waals surface area contributed by atoms with Gasteiger partial charge in [-0.15, -0.1) is 0 Å². The van der Waals surface area contributed by atoms with Crippen LogP contribution in [0.5, 0.6) is 46.0 Å². The quantitative estimate of drug-likeness (QED) is 0.0216. The summed E-state index contributed by atoms with van der Waals surface area (Å²) in [4.78, 5) is 82.6. The average molecular weight is 1880 g/mol. The minimum absolute atomic E-state index is 0.0617. The normalized spacial score (nSPS) is 13.2. The third-order valence-electron chi connectivity index (χ3n) is 24.7. The van der Waals surface area contributed by atoms with Crippen molar-refractivity contribution in [2.45, 2.75) is 302 Å². The Balaban J connectivity index is 1.18. The lowest BCUT2D eigenvalue weighted by Gasteiger charge is -2.29. The number of benzene rings is 8. The standard InChI is InChI=1S/C116H154O21/c1-31-124-95(117)65-132-103-75-41-71-49-87(109(7,8)9)50-72(42-76-54-90(112(16,17)18)58-80(104(76)133-66-96(118)125-32-2)46-84-62-93(115(25,26)27)61-83(107(84)136-69-99(121)128-35-5)45-79(103)57-89(53-75)111(13,14)15)101(71)130-39-37-123-38-40-131-102-73-43-77-55-91(113(19,20)21)59-81(105(77)134-67-97(119)126-33-3)47-85-63-94(116(28,29)30)64-86(108(85)137-70-100(122)129-36-6)48-82-60-92(114(22,23)24)56-78(106(82)135-68-98(120)127-34-4)44-74(102)52-88(51-73)110(10,11)12/h49-64H,31-48,65-70H2,1-30H3. The Morgan fingerprint density at radius 1 is 0.182 bits per heavy atom. The molecule has 0 saturated carbocycles. The van der Waals surface area contributed by atoms with Gasteiger partial charge in [0.25, 0.3) is 0 Å². The van der Waals surface area contributed by atoms with E-state index in [0.29, 0.717) is 46.0 Å². The number of hydrogen-bond donors (Lipinski definition) is 0. The summed E-state index contributed by atoms with van der Waals surface area (Å²) in [6, 6.07) is 34.8. The van der Waals surface area contributed by atoms with Gasteiger partial charge in [0.2, 0.25) is 0 Å². The molecule has 0 amide bonds. The summed E-state index contributed by atoms with van der Waals surface area (Å²) in [5.74, 6) is 0.867. The van der Waals surface area contributed by atoms with Crippen LogP contribution in [-0.2, 0) is 157 Å². The van der Waals surface area contributed by atoms with Crippen molar-refractivity contribution < 1.29 is 99.8 Å². The Kier molecular flexibility index (Phi) is 35.7. The fourth-order valence-corrected chi connectivity index (χ4v) is 17.2. The van der Waals surface area contributed by atoms with Crippen LogP contribution in [0.4, 0.5) is 0 Å². The largest absolute Gasteiger partial charge is 0.491 e. The second-order valence-corrected chi connectivity index (χ2v) is 44.3. The molecule has 0 fully saturated rings. The van der Waals surface area contributed by atoms with Crippen molar-refractivity contribution in [1.82, 2.24) is 0 Å². The van der Waals surface area contributed by atoms with Crippen LogP contribution in [0.15, 0.2) is 97.1 Å². The van der Waals surface area contributed by atoms with Crippen LogP contribution in [0.3, 0.4) is 0 Å². The molecule has 8 aromatic rings. The molecule has 2 aliphatic rings. The molecule has 137 heavy (non-hydrogen) atoms. The molecule has 0 aliphatic heterocycles. The van der Waals surface area contributed by atoms with Gasteiger partial charge < -0.3 is 71.1 Å². The van der Waals surface area contributed by atoms with Crippen molar-refractivity contribution in [1.29, 1.82) is 0 Å². The maximum Gasteiger partial charge on any atom is 0.344 e. The molecule has 0 N–H and O–H groups in total. The molecule has 21 heteroatoms. The molecule has 0 heterocycles. The average Bonchev–Trinajstić information content (AvgIpc) is 0.761. The number of carbonyl (C=O) groups excluding carboxylic acids is 6. The lowest BCUT2D eigenvalue weighted by molar-refractivity contribution is -0.146. The van der Waals surface area contributed by atoms with Crippen molar-refractivity contribution >= 4 is 35.8 Å². The van der Waals surface area contributed by atoms with Crippen LogP contribution in [-0.4, -0.2) is 142 Å². The number of esters is 6. The molecular weight excluding hydrogens is 1730 g/mol. The van der Waals surface area contributed by atoms with Crippen molar-refractivity contribution in [3.8, 4) is 46.0 Å². The smallest absolute Gasteiger partial charge is 0.344 e. The van der Waals surface area contributed by atoms with Crippen molar-refractivity contribution in [3.05, 3.63) is 231 Å². The fraction of sp³-hybridized carbons (Fsp3) is 0.534. The molecule has 0 radical (unpaired) electrons. The zero-order valence-corrected chi connectivity index (χ0v) is 87.8. The van der Waals surface area contributed by atoms with E-state index >= 15 is 0 Å². The second kappa shape index (κ2) is 45.3. The number of fused-ring (bicyclic) bond motifs is 16. The number of ether oxygens (including phenoxy) is 15. The van der Waals surface area contributed by atoms with Gasteiger partial charge in [-0.25, -0.2) is 28.8 Å². The van der Waals surface area contributed by atoms with E-state index in [1.807, 2.05) is 0 Å². The Labute approximate surface area is 815 Å². The summed E-state index contributed by atoms with van der Waals surface area (Å²) in [6.45, 7) is 61.7. The zero-order valence-electron chi connectivity index (χ0n) is 87.8. The predicted octanol–water partition coefficient (Wildman–Crippen LogP) is 22.5. The third kappa shape index (κ3) is 29.1. The SMILES string of the molecule is CCOC(=O)COc1c2cc(C(C)(C)C)cc1Cc1cc(C(C)(C)C)cc(c1OCC(=O)OCC)Cc1cc(C(C)(C)C)cc(c1OCC(=O)OCC)Cc1cc(C(C)(C)C)cc(c1OCCOCCOc1c3cc(C(C)(C)C)cc1Cc1cc(C(C)(C)C)cc(c1OCC(=O)OCC)Cc1cc(C(C)(C)C)cc(c1OCC(=O)OCC)Cc1cc(C(C)(C)C)cc(c1OCC(=O)OCC)C3)C2. The molecule has 0 spiro atoms. The lowest BCUT2D eigenvalue weighted by Crippen LogP contribution is -2.21. The van der Waals surface area contributed by atoms with Crippen molar-refractivity contribution in [2.24, 2.45) is 0 Å². The third-order valence-corrected chi connectivity index (χ3v) is 24.7. The lowest BCUT2D eigenvalue weighted by atomic mass is 9.79. The highest BCUT2D eigenvalue weighted by molar-refractivity contribution is 5.75.